The SMILES string of the molecule is Cc1ccc(C)c2[nH]c(=O)c(C[NH2+]CCCO)cc12. The summed E-state index contributed by atoms with van der Waals surface area (Å²) in [6, 6.07) is 6.10. The molecule has 0 fully saturated rings. The van der Waals surface area contributed by atoms with Gasteiger partial charge in [0.2, 0.25) is 0 Å². The molecule has 0 radical (unpaired) electrons. The van der Waals surface area contributed by atoms with Crippen molar-refractivity contribution in [2.24, 2.45) is 0 Å². The van der Waals surface area contributed by atoms with Crippen molar-refractivity contribution < 1.29 is 10.4 Å². The van der Waals surface area contributed by atoms with E-state index in [1.807, 2.05) is 19.1 Å². The van der Waals surface area contributed by atoms with Crippen LogP contribution in [-0.2, 0) is 6.54 Å². The maximum Gasteiger partial charge on any atom is 0.257 e. The lowest BCUT2D eigenvalue weighted by molar-refractivity contribution is -0.671. The van der Waals surface area contributed by atoms with E-state index in [4.69, 9.17) is 5.11 Å². The van der Waals surface area contributed by atoms with Gasteiger partial charge in [-0.3, -0.25) is 4.79 Å². The number of nitrogens with two attached hydrogens (primary N) is 1. The van der Waals surface area contributed by atoms with E-state index < -0.39 is 0 Å². The second-order valence-corrected chi connectivity index (χ2v) is 4.97. The van der Waals surface area contributed by atoms with Gasteiger partial charge in [0, 0.05) is 18.4 Å². The third-order valence-electron chi connectivity index (χ3n) is 3.45. The minimum Gasteiger partial charge on any atom is -0.396 e. The molecule has 0 aliphatic heterocycles. The smallest absolute Gasteiger partial charge is 0.257 e. The Balaban J connectivity index is 2.33. The van der Waals surface area contributed by atoms with Gasteiger partial charge >= 0.3 is 0 Å². The molecule has 4 N–H and O–H groups in total. The first-order chi connectivity index (χ1) is 9.13. The van der Waals surface area contributed by atoms with Gasteiger partial charge in [-0.05, 0) is 31.0 Å². The Bertz CT molecular complexity index is 632. The molecule has 2 rings (SSSR count). The standard InChI is InChI=1S/C15H20N2O2/c1-10-4-5-11(2)14-13(10)8-12(15(19)17-14)9-16-6-3-7-18/h4-5,8,16,18H,3,6-7,9H2,1-2H3,(H,17,19)/p+1. The average molecular weight is 261 g/mol. The van der Waals surface area contributed by atoms with Crippen LogP contribution >= 0.6 is 0 Å². The number of H-pyrrole nitrogens is 1. The quantitative estimate of drug-likeness (QED) is 0.690. The largest absolute Gasteiger partial charge is 0.396 e. The zero-order chi connectivity index (χ0) is 13.8. The molecule has 0 saturated heterocycles. The molecular formula is C15H21N2O2+. The molecule has 1 heterocycles. The predicted octanol–water partition coefficient (Wildman–Crippen LogP) is 0.591. The van der Waals surface area contributed by atoms with Crippen molar-refractivity contribution >= 4 is 10.9 Å². The summed E-state index contributed by atoms with van der Waals surface area (Å²) in [5.41, 5.74) is 3.98. The lowest BCUT2D eigenvalue weighted by Crippen LogP contribution is -2.83. The minimum absolute atomic E-state index is 0.0125. The molecule has 2 aromatic rings. The summed E-state index contributed by atoms with van der Waals surface area (Å²) in [5.74, 6) is 0. The maximum absolute atomic E-state index is 12.0. The minimum atomic E-state index is -0.0125. The number of quaternary nitrogens is 1. The van der Waals surface area contributed by atoms with E-state index in [0.717, 1.165) is 35.0 Å². The van der Waals surface area contributed by atoms with Gasteiger partial charge in [0.15, 0.2) is 0 Å². The van der Waals surface area contributed by atoms with Gasteiger partial charge in [0.05, 0.1) is 17.6 Å². The number of nitrogens with one attached hydrogen (secondary N) is 1. The molecule has 0 spiro atoms. The third kappa shape index (κ3) is 3.03. The van der Waals surface area contributed by atoms with Crippen molar-refractivity contribution in [2.75, 3.05) is 13.2 Å². The van der Waals surface area contributed by atoms with Crippen molar-refractivity contribution in [3.05, 3.63) is 45.2 Å². The van der Waals surface area contributed by atoms with Crippen LogP contribution in [0, 0.1) is 13.8 Å². The number of aromatic amines is 1. The van der Waals surface area contributed by atoms with Crippen LogP contribution in [0.2, 0.25) is 0 Å². The summed E-state index contributed by atoms with van der Waals surface area (Å²) < 4.78 is 0. The van der Waals surface area contributed by atoms with Crippen molar-refractivity contribution in [3.8, 4) is 0 Å². The highest BCUT2D eigenvalue weighted by molar-refractivity contribution is 5.85. The van der Waals surface area contributed by atoms with Gasteiger partial charge in [0.1, 0.15) is 6.54 Å². The molecule has 102 valence electrons. The number of rotatable bonds is 5. The molecule has 4 heteroatoms. The number of pyridine rings is 1. The molecule has 19 heavy (non-hydrogen) atoms. The Hall–Kier alpha value is -1.65. The number of aryl methyl sites for hydroxylation is 2. The summed E-state index contributed by atoms with van der Waals surface area (Å²) in [6.45, 7) is 5.74. The molecule has 0 aliphatic rings. The topological polar surface area (TPSA) is 69.7 Å². The normalized spacial score (nSPS) is 11.1. The lowest BCUT2D eigenvalue weighted by Gasteiger charge is -2.07. The van der Waals surface area contributed by atoms with Crippen LogP contribution in [0.1, 0.15) is 23.1 Å². The lowest BCUT2D eigenvalue weighted by atomic mass is 10.0. The van der Waals surface area contributed by atoms with Crippen LogP contribution in [0.3, 0.4) is 0 Å². The first-order valence-corrected chi connectivity index (χ1v) is 6.68. The van der Waals surface area contributed by atoms with Gasteiger partial charge < -0.3 is 15.4 Å². The van der Waals surface area contributed by atoms with E-state index in [1.165, 1.54) is 5.56 Å². The summed E-state index contributed by atoms with van der Waals surface area (Å²) in [6.07, 6.45) is 0.754. The van der Waals surface area contributed by atoms with E-state index in [2.05, 4.69) is 23.3 Å². The number of hydrogen-bond acceptors (Lipinski definition) is 2. The molecule has 0 bridgehead atoms. The summed E-state index contributed by atoms with van der Waals surface area (Å²) in [4.78, 5) is 15.0. The molecular weight excluding hydrogens is 240 g/mol. The third-order valence-corrected chi connectivity index (χ3v) is 3.45. The van der Waals surface area contributed by atoms with Crippen LogP contribution in [0.4, 0.5) is 0 Å². The van der Waals surface area contributed by atoms with Gasteiger partial charge in [-0.1, -0.05) is 12.1 Å². The fourth-order valence-corrected chi connectivity index (χ4v) is 2.26. The Morgan fingerprint density at radius 2 is 2.00 bits per heavy atom. The Morgan fingerprint density at radius 1 is 1.26 bits per heavy atom. The Morgan fingerprint density at radius 3 is 2.74 bits per heavy atom. The van der Waals surface area contributed by atoms with E-state index in [-0.39, 0.29) is 12.2 Å². The zero-order valence-corrected chi connectivity index (χ0v) is 11.5. The van der Waals surface area contributed by atoms with E-state index in [9.17, 15) is 4.79 Å². The first kappa shape index (κ1) is 13.8. The number of aromatic nitrogens is 1. The first-order valence-electron chi connectivity index (χ1n) is 6.68. The molecule has 0 unspecified atom stereocenters. The molecule has 0 amide bonds. The van der Waals surface area contributed by atoms with Gasteiger partial charge in [-0.15, -0.1) is 0 Å². The van der Waals surface area contributed by atoms with Crippen molar-refractivity contribution in [1.82, 2.24) is 4.98 Å². The van der Waals surface area contributed by atoms with Crippen LogP contribution in [0.25, 0.3) is 10.9 Å². The van der Waals surface area contributed by atoms with Crippen LogP contribution in [-0.4, -0.2) is 23.2 Å². The molecule has 1 aromatic carbocycles. The van der Waals surface area contributed by atoms with Crippen LogP contribution in [0.5, 0.6) is 0 Å². The molecule has 4 nitrogen and oxygen atoms in total. The molecule has 0 atom stereocenters. The van der Waals surface area contributed by atoms with E-state index in [0.29, 0.717) is 6.54 Å². The number of aliphatic hydroxyl groups is 1. The molecule has 0 saturated carbocycles. The Labute approximate surface area is 112 Å². The maximum atomic E-state index is 12.0. The zero-order valence-electron chi connectivity index (χ0n) is 11.5. The predicted molar refractivity (Wildman–Crippen MR) is 76.2 cm³/mol. The van der Waals surface area contributed by atoms with Crippen LogP contribution < -0.4 is 10.9 Å². The second-order valence-electron chi connectivity index (χ2n) is 4.97. The van der Waals surface area contributed by atoms with Crippen molar-refractivity contribution in [2.45, 2.75) is 26.8 Å². The number of benzene rings is 1. The molecule has 1 aromatic heterocycles. The highest BCUT2D eigenvalue weighted by atomic mass is 16.3. The van der Waals surface area contributed by atoms with E-state index in [1.54, 1.807) is 0 Å². The molecule has 0 aliphatic carbocycles. The average Bonchev–Trinajstić information content (AvgIpc) is 2.40. The highest BCUT2D eigenvalue weighted by Crippen LogP contribution is 2.19. The second kappa shape index (κ2) is 5.99. The number of aliphatic hydroxyl groups excluding tert-OH is 1. The highest BCUT2D eigenvalue weighted by Gasteiger charge is 2.07. The van der Waals surface area contributed by atoms with Gasteiger partial charge in [0.25, 0.3) is 5.56 Å². The summed E-state index contributed by atoms with van der Waals surface area (Å²) in [7, 11) is 0. The summed E-state index contributed by atoms with van der Waals surface area (Å²) in [5, 5.41) is 11.9. The number of hydrogen-bond donors (Lipinski definition) is 3. The number of fused-ring (bicyclic) bond motifs is 1. The Kier molecular flexibility index (Phi) is 4.35. The fraction of sp³-hybridized carbons (Fsp3) is 0.400. The monoisotopic (exact) mass is 261 g/mol. The van der Waals surface area contributed by atoms with Crippen LogP contribution in [0.15, 0.2) is 23.0 Å². The van der Waals surface area contributed by atoms with Gasteiger partial charge in [-0.25, -0.2) is 0 Å². The van der Waals surface area contributed by atoms with Crippen molar-refractivity contribution in [1.29, 1.82) is 0 Å². The summed E-state index contributed by atoms with van der Waals surface area (Å²) >= 11 is 0. The van der Waals surface area contributed by atoms with E-state index >= 15 is 0 Å². The van der Waals surface area contributed by atoms with Gasteiger partial charge in [-0.2, -0.15) is 0 Å². The van der Waals surface area contributed by atoms with Crippen molar-refractivity contribution in [3.63, 3.8) is 0 Å². The fourth-order valence-electron chi connectivity index (χ4n) is 2.26.